The van der Waals surface area contributed by atoms with E-state index in [4.69, 9.17) is 9.52 Å². The molecule has 2 aromatic carbocycles. The van der Waals surface area contributed by atoms with E-state index < -0.39 is 6.04 Å². The number of aromatic nitrogens is 2. The SMILES string of the molecule is CC(C(=O)NCc1ccco1)n1nc(-c2ccccc2)c2ccccc21. The molecule has 2 aromatic heterocycles. The van der Waals surface area contributed by atoms with Gasteiger partial charge in [-0.15, -0.1) is 0 Å². The van der Waals surface area contributed by atoms with Gasteiger partial charge in [0, 0.05) is 10.9 Å². The smallest absolute Gasteiger partial charge is 0.244 e. The van der Waals surface area contributed by atoms with E-state index in [1.807, 2.05) is 67.6 Å². The summed E-state index contributed by atoms with van der Waals surface area (Å²) in [5, 5.41) is 8.69. The highest BCUT2D eigenvalue weighted by molar-refractivity contribution is 5.94. The van der Waals surface area contributed by atoms with Crippen molar-refractivity contribution in [2.45, 2.75) is 19.5 Å². The zero-order chi connectivity index (χ0) is 17.9. The van der Waals surface area contributed by atoms with Crippen LogP contribution in [0.5, 0.6) is 0 Å². The maximum Gasteiger partial charge on any atom is 0.244 e. The van der Waals surface area contributed by atoms with Gasteiger partial charge < -0.3 is 9.73 Å². The van der Waals surface area contributed by atoms with Crippen LogP contribution in [0.3, 0.4) is 0 Å². The van der Waals surface area contributed by atoms with Crippen LogP contribution in [0.1, 0.15) is 18.7 Å². The second kappa shape index (κ2) is 6.88. The van der Waals surface area contributed by atoms with Crippen LogP contribution >= 0.6 is 0 Å². The van der Waals surface area contributed by atoms with E-state index in [0.717, 1.165) is 27.9 Å². The van der Waals surface area contributed by atoms with Crippen molar-refractivity contribution in [2.24, 2.45) is 0 Å². The lowest BCUT2D eigenvalue weighted by atomic mass is 10.1. The number of hydrogen-bond donors (Lipinski definition) is 1. The molecule has 1 N–H and O–H groups in total. The second-order valence-corrected chi connectivity index (χ2v) is 6.15. The summed E-state index contributed by atoms with van der Waals surface area (Å²) in [6.07, 6.45) is 1.60. The summed E-state index contributed by atoms with van der Waals surface area (Å²) in [4.78, 5) is 12.6. The van der Waals surface area contributed by atoms with Crippen molar-refractivity contribution >= 4 is 16.8 Å². The van der Waals surface area contributed by atoms with E-state index in [2.05, 4.69) is 5.32 Å². The molecule has 0 saturated heterocycles. The van der Waals surface area contributed by atoms with Crippen LogP contribution in [0.4, 0.5) is 0 Å². The Hall–Kier alpha value is -3.34. The molecular weight excluding hydrogens is 326 g/mol. The Morgan fingerprint density at radius 2 is 1.85 bits per heavy atom. The highest BCUT2D eigenvalue weighted by atomic mass is 16.3. The molecule has 0 radical (unpaired) electrons. The number of fused-ring (bicyclic) bond motifs is 1. The molecule has 5 nitrogen and oxygen atoms in total. The maximum atomic E-state index is 12.6. The lowest BCUT2D eigenvalue weighted by Crippen LogP contribution is -2.31. The molecule has 4 rings (SSSR count). The minimum Gasteiger partial charge on any atom is -0.467 e. The lowest BCUT2D eigenvalue weighted by Gasteiger charge is -2.13. The topological polar surface area (TPSA) is 60.1 Å². The zero-order valence-electron chi connectivity index (χ0n) is 14.4. The first kappa shape index (κ1) is 16.1. The van der Waals surface area contributed by atoms with Gasteiger partial charge in [0.1, 0.15) is 17.5 Å². The van der Waals surface area contributed by atoms with Crippen LogP contribution in [-0.4, -0.2) is 15.7 Å². The molecule has 0 aliphatic rings. The van der Waals surface area contributed by atoms with Crippen LogP contribution in [0, 0.1) is 0 Å². The highest BCUT2D eigenvalue weighted by Gasteiger charge is 2.21. The number of benzene rings is 2. The van der Waals surface area contributed by atoms with Crippen LogP contribution in [-0.2, 0) is 11.3 Å². The molecule has 0 bridgehead atoms. The molecule has 0 saturated carbocycles. The third-order valence-corrected chi connectivity index (χ3v) is 4.42. The van der Waals surface area contributed by atoms with Crippen LogP contribution in [0.2, 0.25) is 0 Å². The van der Waals surface area contributed by atoms with Gasteiger partial charge in [-0.2, -0.15) is 5.10 Å². The molecule has 5 heteroatoms. The molecule has 0 fully saturated rings. The van der Waals surface area contributed by atoms with E-state index in [9.17, 15) is 4.79 Å². The largest absolute Gasteiger partial charge is 0.467 e. The van der Waals surface area contributed by atoms with Crippen molar-refractivity contribution in [3.8, 4) is 11.3 Å². The number of rotatable bonds is 5. The van der Waals surface area contributed by atoms with Crippen molar-refractivity contribution in [1.82, 2.24) is 15.1 Å². The van der Waals surface area contributed by atoms with E-state index in [0.29, 0.717) is 6.54 Å². The summed E-state index contributed by atoms with van der Waals surface area (Å²) in [6.45, 7) is 2.21. The Morgan fingerprint density at radius 3 is 2.62 bits per heavy atom. The van der Waals surface area contributed by atoms with Crippen molar-refractivity contribution in [2.75, 3.05) is 0 Å². The van der Waals surface area contributed by atoms with Crippen molar-refractivity contribution < 1.29 is 9.21 Å². The quantitative estimate of drug-likeness (QED) is 0.590. The van der Waals surface area contributed by atoms with Crippen molar-refractivity contribution in [3.63, 3.8) is 0 Å². The van der Waals surface area contributed by atoms with Crippen molar-refractivity contribution in [3.05, 3.63) is 78.8 Å². The minimum absolute atomic E-state index is 0.103. The molecule has 4 aromatic rings. The number of carbonyl (C=O) groups excluding carboxylic acids is 1. The zero-order valence-corrected chi connectivity index (χ0v) is 14.4. The van der Waals surface area contributed by atoms with Crippen LogP contribution < -0.4 is 5.32 Å². The number of hydrogen-bond acceptors (Lipinski definition) is 3. The molecule has 0 aliphatic carbocycles. The van der Waals surface area contributed by atoms with Gasteiger partial charge in [-0.1, -0.05) is 48.5 Å². The first-order chi connectivity index (χ1) is 12.7. The van der Waals surface area contributed by atoms with E-state index in [-0.39, 0.29) is 5.91 Å². The first-order valence-electron chi connectivity index (χ1n) is 8.57. The van der Waals surface area contributed by atoms with Gasteiger partial charge in [0.15, 0.2) is 0 Å². The Morgan fingerprint density at radius 1 is 1.08 bits per heavy atom. The Balaban J connectivity index is 1.66. The molecule has 1 amide bonds. The Bertz CT molecular complexity index is 1020. The summed E-state index contributed by atoms with van der Waals surface area (Å²) in [7, 11) is 0. The van der Waals surface area contributed by atoms with Gasteiger partial charge in [-0.05, 0) is 25.1 Å². The van der Waals surface area contributed by atoms with Crippen LogP contribution in [0.15, 0.2) is 77.4 Å². The fourth-order valence-electron chi connectivity index (χ4n) is 3.04. The van der Waals surface area contributed by atoms with Crippen molar-refractivity contribution in [1.29, 1.82) is 0 Å². The number of para-hydroxylation sites is 1. The third-order valence-electron chi connectivity index (χ3n) is 4.42. The summed E-state index contributed by atoms with van der Waals surface area (Å²) in [6, 6.07) is 21.2. The number of furan rings is 1. The first-order valence-corrected chi connectivity index (χ1v) is 8.57. The van der Waals surface area contributed by atoms with E-state index in [1.165, 1.54) is 0 Å². The highest BCUT2D eigenvalue weighted by Crippen LogP contribution is 2.29. The number of nitrogens with zero attached hydrogens (tertiary/aromatic N) is 2. The predicted octanol–water partition coefficient (Wildman–Crippen LogP) is 4.17. The molecule has 1 unspecified atom stereocenters. The Labute approximate surface area is 151 Å². The lowest BCUT2D eigenvalue weighted by molar-refractivity contribution is -0.124. The fraction of sp³-hybridized carbons (Fsp3) is 0.143. The molecular formula is C21H19N3O2. The van der Waals surface area contributed by atoms with Gasteiger partial charge in [0.2, 0.25) is 5.91 Å². The van der Waals surface area contributed by atoms with Gasteiger partial charge in [0.05, 0.1) is 18.3 Å². The van der Waals surface area contributed by atoms with Gasteiger partial charge >= 0.3 is 0 Å². The fourth-order valence-corrected chi connectivity index (χ4v) is 3.04. The van der Waals surface area contributed by atoms with Crippen LogP contribution in [0.25, 0.3) is 22.2 Å². The average Bonchev–Trinajstić information content (AvgIpc) is 3.34. The average molecular weight is 345 g/mol. The standard InChI is InChI=1S/C21H19N3O2/c1-15(21(25)22-14-17-10-7-13-26-17)24-19-12-6-5-11-18(19)20(23-24)16-8-3-2-4-9-16/h2-13,15H,14H2,1H3,(H,22,25). The predicted molar refractivity (Wildman–Crippen MR) is 100 cm³/mol. The van der Waals surface area contributed by atoms with E-state index in [1.54, 1.807) is 17.0 Å². The van der Waals surface area contributed by atoms with Gasteiger partial charge in [0.25, 0.3) is 0 Å². The summed E-state index contributed by atoms with van der Waals surface area (Å²) in [5.41, 5.74) is 2.85. The monoisotopic (exact) mass is 345 g/mol. The number of nitrogens with one attached hydrogen (secondary N) is 1. The molecule has 0 spiro atoms. The Kier molecular flexibility index (Phi) is 4.27. The molecule has 130 valence electrons. The number of amides is 1. The molecule has 2 heterocycles. The summed E-state index contributed by atoms with van der Waals surface area (Å²) >= 11 is 0. The van der Waals surface area contributed by atoms with Gasteiger partial charge in [-0.3, -0.25) is 9.48 Å². The summed E-state index contributed by atoms with van der Waals surface area (Å²) in [5.74, 6) is 0.620. The molecule has 1 atom stereocenters. The summed E-state index contributed by atoms with van der Waals surface area (Å²) < 4.78 is 7.05. The third kappa shape index (κ3) is 2.99. The van der Waals surface area contributed by atoms with Gasteiger partial charge in [-0.25, -0.2) is 0 Å². The number of carbonyl (C=O) groups is 1. The normalized spacial score (nSPS) is 12.2. The maximum absolute atomic E-state index is 12.6. The molecule has 0 aliphatic heterocycles. The van der Waals surface area contributed by atoms with E-state index >= 15 is 0 Å². The second-order valence-electron chi connectivity index (χ2n) is 6.15. The minimum atomic E-state index is -0.438. The molecule has 26 heavy (non-hydrogen) atoms.